The zero-order chi connectivity index (χ0) is 21.5. The van der Waals surface area contributed by atoms with Gasteiger partial charge in [0.25, 0.3) is 0 Å². The summed E-state index contributed by atoms with van der Waals surface area (Å²) < 4.78 is 25.9. The molecule has 31 heavy (non-hydrogen) atoms. The third-order valence-corrected chi connectivity index (χ3v) is 5.84. The second-order valence-corrected chi connectivity index (χ2v) is 8.33. The first-order chi connectivity index (χ1) is 14.5. The molecule has 0 aliphatic heterocycles. The van der Waals surface area contributed by atoms with Gasteiger partial charge in [0.1, 0.15) is 12.4 Å². The fourth-order valence-corrected chi connectivity index (χ4v) is 3.88. The minimum absolute atomic E-state index is 0. The van der Waals surface area contributed by atoms with Crippen LogP contribution in [0.2, 0.25) is 10.0 Å². The second-order valence-electron chi connectivity index (χ2n) is 6.66. The minimum atomic E-state index is -0.174. The number of rotatable bonds is 9. The zero-order valence-corrected chi connectivity index (χ0v) is 20.7. The van der Waals surface area contributed by atoms with Crippen molar-refractivity contribution in [1.29, 1.82) is 0 Å². The van der Waals surface area contributed by atoms with Crippen molar-refractivity contribution in [3.8, 4) is 11.5 Å². The highest BCUT2D eigenvalue weighted by Gasteiger charge is 2.12. The standard InChI is InChI=1S/C23H21BrCl2FNO2.ClH/c1-29-22-12-16(13-28-9-8-17-4-2-3-5-21(17)27)10-18(24)23(22)30-14-15-6-7-19(25)20(26)11-15;/h2-7,10-12,28H,8-9,13-14H2,1H3;1H. The summed E-state index contributed by atoms with van der Waals surface area (Å²) in [6.45, 7) is 1.61. The smallest absolute Gasteiger partial charge is 0.175 e. The van der Waals surface area contributed by atoms with Crippen molar-refractivity contribution in [3.05, 3.63) is 91.6 Å². The van der Waals surface area contributed by atoms with Crippen LogP contribution < -0.4 is 14.8 Å². The van der Waals surface area contributed by atoms with E-state index in [0.29, 0.717) is 53.2 Å². The lowest BCUT2D eigenvalue weighted by atomic mass is 10.1. The molecule has 8 heteroatoms. The summed E-state index contributed by atoms with van der Waals surface area (Å²) in [7, 11) is 1.60. The summed E-state index contributed by atoms with van der Waals surface area (Å²) in [5, 5.41) is 4.33. The Bertz CT molecular complexity index is 1020. The number of hydrogen-bond acceptors (Lipinski definition) is 3. The van der Waals surface area contributed by atoms with E-state index in [1.165, 1.54) is 6.07 Å². The molecule has 0 bridgehead atoms. The van der Waals surface area contributed by atoms with Gasteiger partial charge in [0.15, 0.2) is 11.5 Å². The summed E-state index contributed by atoms with van der Waals surface area (Å²) in [5.74, 6) is 1.06. The Hall–Kier alpha value is -1.50. The van der Waals surface area contributed by atoms with E-state index < -0.39 is 0 Å². The lowest BCUT2D eigenvalue weighted by molar-refractivity contribution is 0.282. The van der Waals surface area contributed by atoms with Crippen LogP contribution >= 0.6 is 51.5 Å². The van der Waals surface area contributed by atoms with Crippen LogP contribution in [0.1, 0.15) is 16.7 Å². The summed E-state index contributed by atoms with van der Waals surface area (Å²) in [4.78, 5) is 0. The van der Waals surface area contributed by atoms with Crippen LogP contribution in [0.25, 0.3) is 0 Å². The molecule has 166 valence electrons. The topological polar surface area (TPSA) is 30.5 Å². The van der Waals surface area contributed by atoms with E-state index in [1.807, 2.05) is 24.3 Å². The van der Waals surface area contributed by atoms with Crippen molar-refractivity contribution in [2.45, 2.75) is 19.6 Å². The molecule has 0 aliphatic rings. The predicted octanol–water partition coefficient (Wildman–Crippen LogP) is 7.24. The Labute approximate surface area is 206 Å². The van der Waals surface area contributed by atoms with Crippen LogP contribution in [0.15, 0.2) is 59.1 Å². The molecule has 0 saturated carbocycles. The largest absolute Gasteiger partial charge is 0.493 e. The monoisotopic (exact) mass is 547 g/mol. The van der Waals surface area contributed by atoms with E-state index >= 15 is 0 Å². The van der Waals surface area contributed by atoms with E-state index in [0.717, 1.165) is 15.6 Å². The van der Waals surface area contributed by atoms with Gasteiger partial charge in [-0.25, -0.2) is 4.39 Å². The molecular formula is C23H22BrCl3FNO2. The van der Waals surface area contributed by atoms with Crippen molar-refractivity contribution >= 4 is 51.5 Å². The summed E-state index contributed by atoms with van der Waals surface area (Å²) in [6.07, 6.45) is 0.621. The zero-order valence-electron chi connectivity index (χ0n) is 16.8. The minimum Gasteiger partial charge on any atom is -0.493 e. The third kappa shape index (κ3) is 7.26. The van der Waals surface area contributed by atoms with Gasteiger partial charge in [-0.05, 0) is 75.9 Å². The first kappa shape index (κ1) is 25.8. The van der Waals surface area contributed by atoms with Crippen LogP contribution in [-0.4, -0.2) is 13.7 Å². The molecule has 0 aromatic heterocycles. The van der Waals surface area contributed by atoms with E-state index in [2.05, 4.69) is 21.2 Å². The lowest BCUT2D eigenvalue weighted by Crippen LogP contribution is -2.17. The average molecular weight is 550 g/mol. The van der Waals surface area contributed by atoms with Gasteiger partial charge in [0, 0.05) is 6.54 Å². The number of hydrogen-bond donors (Lipinski definition) is 1. The number of methoxy groups -OCH3 is 1. The van der Waals surface area contributed by atoms with Crippen molar-refractivity contribution in [2.24, 2.45) is 0 Å². The average Bonchev–Trinajstić information content (AvgIpc) is 2.73. The Balaban J connectivity index is 0.00000341. The Kier molecular flexibility index (Phi) is 10.4. The van der Waals surface area contributed by atoms with Crippen LogP contribution in [0, 0.1) is 5.82 Å². The van der Waals surface area contributed by atoms with Gasteiger partial charge in [0.2, 0.25) is 0 Å². The highest BCUT2D eigenvalue weighted by atomic mass is 79.9. The van der Waals surface area contributed by atoms with E-state index in [1.54, 1.807) is 31.4 Å². The van der Waals surface area contributed by atoms with Crippen LogP contribution in [-0.2, 0) is 19.6 Å². The van der Waals surface area contributed by atoms with Gasteiger partial charge in [-0.3, -0.25) is 0 Å². The summed E-state index contributed by atoms with van der Waals surface area (Å²) in [6, 6.07) is 16.1. The molecule has 0 amide bonds. The second kappa shape index (κ2) is 12.5. The molecule has 3 rings (SSSR count). The molecule has 3 nitrogen and oxygen atoms in total. The SMILES string of the molecule is COc1cc(CNCCc2ccccc2F)cc(Br)c1OCc1ccc(Cl)c(Cl)c1.Cl. The summed E-state index contributed by atoms with van der Waals surface area (Å²) >= 11 is 15.6. The maximum absolute atomic E-state index is 13.7. The van der Waals surface area contributed by atoms with Gasteiger partial charge in [0.05, 0.1) is 21.6 Å². The highest BCUT2D eigenvalue weighted by molar-refractivity contribution is 9.10. The Morgan fingerprint density at radius 2 is 1.77 bits per heavy atom. The normalized spacial score (nSPS) is 10.5. The molecule has 0 unspecified atom stereocenters. The molecule has 0 radical (unpaired) electrons. The van der Waals surface area contributed by atoms with E-state index in [9.17, 15) is 4.39 Å². The number of benzene rings is 3. The van der Waals surface area contributed by atoms with E-state index in [-0.39, 0.29) is 18.2 Å². The van der Waals surface area contributed by atoms with Crippen molar-refractivity contribution in [1.82, 2.24) is 5.32 Å². The maximum atomic E-state index is 13.7. The quantitative estimate of drug-likeness (QED) is 0.286. The molecule has 0 spiro atoms. The molecule has 0 aliphatic carbocycles. The molecule has 1 N–H and O–H groups in total. The molecular weight excluding hydrogens is 528 g/mol. The molecule has 0 fully saturated rings. The van der Waals surface area contributed by atoms with Gasteiger partial charge in [-0.15, -0.1) is 12.4 Å². The lowest BCUT2D eigenvalue weighted by Gasteiger charge is -2.15. The first-order valence-electron chi connectivity index (χ1n) is 9.35. The fourth-order valence-electron chi connectivity index (χ4n) is 2.96. The van der Waals surface area contributed by atoms with Crippen molar-refractivity contribution < 1.29 is 13.9 Å². The van der Waals surface area contributed by atoms with Crippen LogP contribution in [0.3, 0.4) is 0 Å². The van der Waals surface area contributed by atoms with E-state index in [4.69, 9.17) is 32.7 Å². The number of ether oxygens (including phenoxy) is 2. The third-order valence-electron chi connectivity index (χ3n) is 4.51. The summed E-state index contributed by atoms with van der Waals surface area (Å²) in [5.41, 5.74) is 2.63. The molecule has 3 aromatic rings. The van der Waals surface area contributed by atoms with Crippen molar-refractivity contribution in [2.75, 3.05) is 13.7 Å². The van der Waals surface area contributed by atoms with Gasteiger partial charge in [-0.2, -0.15) is 0 Å². The Morgan fingerprint density at radius 3 is 2.48 bits per heavy atom. The van der Waals surface area contributed by atoms with Crippen LogP contribution in [0.5, 0.6) is 11.5 Å². The molecule has 0 heterocycles. The molecule has 0 atom stereocenters. The highest BCUT2D eigenvalue weighted by Crippen LogP contribution is 2.37. The van der Waals surface area contributed by atoms with Gasteiger partial charge < -0.3 is 14.8 Å². The number of halogens is 5. The predicted molar refractivity (Wildman–Crippen MR) is 131 cm³/mol. The number of nitrogens with one attached hydrogen (secondary N) is 1. The van der Waals surface area contributed by atoms with Crippen molar-refractivity contribution in [3.63, 3.8) is 0 Å². The fraction of sp³-hybridized carbons (Fsp3) is 0.217. The molecule has 0 saturated heterocycles. The Morgan fingerprint density at radius 1 is 1.00 bits per heavy atom. The maximum Gasteiger partial charge on any atom is 0.175 e. The first-order valence-corrected chi connectivity index (χ1v) is 10.9. The van der Waals surface area contributed by atoms with Gasteiger partial charge in [-0.1, -0.05) is 47.5 Å². The van der Waals surface area contributed by atoms with Crippen LogP contribution in [0.4, 0.5) is 4.39 Å². The van der Waals surface area contributed by atoms with Gasteiger partial charge >= 0.3 is 0 Å². The molecule has 3 aromatic carbocycles.